The summed E-state index contributed by atoms with van der Waals surface area (Å²) in [6.07, 6.45) is 8.54. The van der Waals surface area contributed by atoms with Gasteiger partial charge in [0, 0.05) is 24.7 Å². The lowest BCUT2D eigenvalue weighted by Gasteiger charge is -2.55. The molecule has 4 fully saturated rings. The second-order valence-electron chi connectivity index (χ2n) is 11.3. The van der Waals surface area contributed by atoms with Crippen molar-refractivity contribution in [1.82, 2.24) is 0 Å². The highest BCUT2D eigenvalue weighted by molar-refractivity contribution is 5.70. The summed E-state index contributed by atoms with van der Waals surface area (Å²) in [5.74, 6) is 2.36. The SMILES string of the molecule is COC(=O)CC[C@@H](C)[C@H]1CC[C@H]2[C@@H]3CC(=O)O[C@H]4C[C@H](O)CC[C@]4(C)[C@H]3CC[C@]12C. The molecule has 0 aromatic carbocycles. The Bertz CT molecular complexity index is 676. The van der Waals surface area contributed by atoms with Crippen LogP contribution in [-0.4, -0.2) is 36.4 Å². The Kier molecular flexibility index (Phi) is 5.97. The molecule has 4 rings (SSSR count). The van der Waals surface area contributed by atoms with Gasteiger partial charge in [0.25, 0.3) is 0 Å². The quantitative estimate of drug-likeness (QED) is 0.678. The maximum Gasteiger partial charge on any atom is 0.306 e. The number of carbonyl (C=O) groups excluding carboxylic acids is 2. The molecule has 0 radical (unpaired) electrons. The Labute approximate surface area is 181 Å². The summed E-state index contributed by atoms with van der Waals surface area (Å²) in [6.45, 7) is 7.09. The Balaban J connectivity index is 1.55. The normalized spacial score (nSPS) is 46.6. The number of aliphatic hydroxyl groups is 1. The first-order chi connectivity index (χ1) is 14.2. The number of fused-ring (bicyclic) bond motifs is 5. The second kappa shape index (κ2) is 8.11. The number of methoxy groups -OCH3 is 1. The molecule has 1 heterocycles. The predicted octanol–water partition coefficient (Wildman–Crippen LogP) is 4.50. The van der Waals surface area contributed by atoms with Crippen LogP contribution in [0, 0.1) is 40.4 Å². The number of carbonyl (C=O) groups is 2. The van der Waals surface area contributed by atoms with Gasteiger partial charge in [-0.1, -0.05) is 20.8 Å². The van der Waals surface area contributed by atoms with Gasteiger partial charge >= 0.3 is 11.9 Å². The molecule has 4 aliphatic rings. The molecule has 170 valence electrons. The third kappa shape index (κ3) is 3.59. The van der Waals surface area contributed by atoms with E-state index in [-0.39, 0.29) is 35.0 Å². The Morgan fingerprint density at radius 2 is 1.87 bits per heavy atom. The second-order valence-corrected chi connectivity index (χ2v) is 11.3. The van der Waals surface area contributed by atoms with Gasteiger partial charge in [-0.05, 0) is 80.0 Å². The fraction of sp³-hybridized carbons (Fsp3) is 0.920. The molecule has 3 saturated carbocycles. The van der Waals surface area contributed by atoms with Crippen molar-refractivity contribution in [3.8, 4) is 0 Å². The third-order valence-corrected chi connectivity index (χ3v) is 9.99. The van der Waals surface area contributed by atoms with Crippen LogP contribution in [0.1, 0.15) is 85.0 Å². The van der Waals surface area contributed by atoms with Crippen molar-refractivity contribution in [3.05, 3.63) is 0 Å². The van der Waals surface area contributed by atoms with Crippen molar-refractivity contribution in [2.45, 2.75) is 97.2 Å². The molecule has 0 unspecified atom stereocenters. The fourth-order valence-electron chi connectivity index (χ4n) is 8.29. The first-order valence-electron chi connectivity index (χ1n) is 12.1. The van der Waals surface area contributed by atoms with Crippen LogP contribution in [-0.2, 0) is 19.1 Å². The van der Waals surface area contributed by atoms with E-state index in [1.807, 2.05) is 0 Å². The number of hydrogen-bond donors (Lipinski definition) is 1. The maximum absolute atomic E-state index is 12.8. The molecule has 0 aromatic heterocycles. The van der Waals surface area contributed by atoms with Crippen LogP contribution < -0.4 is 0 Å². The highest BCUT2D eigenvalue weighted by Gasteiger charge is 2.61. The first-order valence-corrected chi connectivity index (χ1v) is 12.1. The Morgan fingerprint density at radius 1 is 1.17 bits per heavy atom. The Hall–Kier alpha value is -1.10. The number of esters is 2. The van der Waals surface area contributed by atoms with E-state index in [2.05, 4.69) is 20.8 Å². The van der Waals surface area contributed by atoms with Gasteiger partial charge in [0.2, 0.25) is 0 Å². The zero-order valence-corrected chi connectivity index (χ0v) is 19.2. The zero-order chi connectivity index (χ0) is 21.7. The molecule has 1 N–H and O–H groups in total. The molecule has 0 aromatic rings. The molecule has 5 heteroatoms. The van der Waals surface area contributed by atoms with Crippen LogP contribution in [0.5, 0.6) is 0 Å². The number of ether oxygens (including phenoxy) is 2. The van der Waals surface area contributed by atoms with Gasteiger partial charge in [-0.25, -0.2) is 0 Å². The monoisotopic (exact) mass is 420 g/mol. The summed E-state index contributed by atoms with van der Waals surface area (Å²) < 4.78 is 10.8. The minimum absolute atomic E-state index is 0.00796. The Morgan fingerprint density at radius 3 is 2.60 bits per heavy atom. The summed E-state index contributed by atoms with van der Waals surface area (Å²) in [5, 5.41) is 10.2. The van der Waals surface area contributed by atoms with E-state index in [9.17, 15) is 14.7 Å². The molecular formula is C25H40O5. The van der Waals surface area contributed by atoms with E-state index in [0.29, 0.717) is 48.9 Å². The van der Waals surface area contributed by atoms with Gasteiger partial charge in [-0.15, -0.1) is 0 Å². The van der Waals surface area contributed by atoms with Crippen LogP contribution in [0.2, 0.25) is 0 Å². The molecule has 0 bridgehead atoms. The van der Waals surface area contributed by atoms with Crippen molar-refractivity contribution in [3.63, 3.8) is 0 Å². The van der Waals surface area contributed by atoms with Crippen molar-refractivity contribution >= 4 is 11.9 Å². The molecule has 0 amide bonds. The lowest BCUT2D eigenvalue weighted by atomic mass is 9.49. The third-order valence-electron chi connectivity index (χ3n) is 9.99. The van der Waals surface area contributed by atoms with Crippen molar-refractivity contribution < 1.29 is 24.2 Å². The molecule has 3 aliphatic carbocycles. The fourth-order valence-corrected chi connectivity index (χ4v) is 8.29. The van der Waals surface area contributed by atoms with Crippen LogP contribution >= 0.6 is 0 Å². The van der Waals surface area contributed by atoms with E-state index in [4.69, 9.17) is 9.47 Å². The van der Waals surface area contributed by atoms with E-state index in [0.717, 1.165) is 25.7 Å². The summed E-state index contributed by atoms with van der Waals surface area (Å²) >= 11 is 0. The van der Waals surface area contributed by atoms with Crippen LogP contribution in [0.4, 0.5) is 0 Å². The van der Waals surface area contributed by atoms with Crippen LogP contribution in [0.15, 0.2) is 0 Å². The highest BCUT2D eigenvalue weighted by atomic mass is 16.5. The molecular weight excluding hydrogens is 380 g/mol. The van der Waals surface area contributed by atoms with E-state index < -0.39 is 0 Å². The topological polar surface area (TPSA) is 72.8 Å². The van der Waals surface area contributed by atoms with Gasteiger partial charge in [-0.2, -0.15) is 0 Å². The van der Waals surface area contributed by atoms with Crippen molar-refractivity contribution in [1.29, 1.82) is 0 Å². The van der Waals surface area contributed by atoms with Gasteiger partial charge in [0.15, 0.2) is 0 Å². The minimum Gasteiger partial charge on any atom is -0.469 e. The van der Waals surface area contributed by atoms with Crippen molar-refractivity contribution in [2.75, 3.05) is 7.11 Å². The highest BCUT2D eigenvalue weighted by Crippen LogP contribution is 2.66. The molecule has 5 nitrogen and oxygen atoms in total. The van der Waals surface area contributed by atoms with Crippen molar-refractivity contribution in [2.24, 2.45) is 40.4 Å². The predicted molar refractivity (Wildman–Crippen MR) is 113 cm³/mol. The average Bonchev–Trinajstić information content (AvgIpc) is 3.01. The largest absolute Gasteiger partial charge is 0.469 e. The molecule has 9 atom stereocenters. The summed E-state index contributed by atoms with van der Waals surface area (Å²) in [5.41, 5.74) is 0.229. The van der Waals surface area contributed by atoms with Gasteiger partial charge in [0.05, 0.1) is 13.2 Å². The van der Waals surface area contributed by atoms with E-state index >= 15 is 0 Å². The zero-order valence-electron chi connectivity index (χ0n) is 19.2. The van der Waals surface area contributed by atoms with Crippen LogP contribution in [0.25, 0.3) is 0 Å². The summed E-state index contributed by atoms with van der Waals surface area (Å²) in [4.78, 5) is 24.5. The average molecular weight is 421 g/mol. The smallest absolute Gasteiger partial charge is 0.306 e. The maximum atomic E-state index is 12.8. The molecule has 30 heavy (non-hydrogen) atoms. The van der Waals surface area contributed by atoms with E-state index in [1.165, 1.54) is 26.4 Å². The van der Waals surface area contributed by atoms with Crippen LogP contribution in [0.3, 0.4) is 0 Å². The van der Waals surface area contributed by atoms with Gasteiger partial charge < -0.3 is 14.6 Å². The molecule has 1 aliphatic heterocycles. The standard InChI is InChI=1S/C25H40O5/c1-15(5-8-22(27)29-4)18-6-7-19-17-14-23(28)30-21-13-16(26)9-11-25(21,3)20(17)10-12-24(18,19)2/h15-21,26H,5-14H2,1-4H3/t15-,16-,17+,18-,19+,20+,21+,24-,25-/m1/s1. The lowest BCUT2D eigenvalue weighted by molar-refractivity contribution is -0.162. The number of rotatable bonds is 4. The molecule has 0 spiro atoms. The first kappa shape index (κ1) is 22.1. The summed E-state index contributed by atoms with van der Waals surface area (Å²) in [6, 6.07) is 0. The van der Waals surface area contributed by atoms with Gasteiger partial charge in [0.1, 0.15) is 6.10 Å². The number of hydrogen-bond acceptors (Lipinski definition) is 5. The van der Waals surface area contributed by atoms with Gasteiger partial charge in [-0.3, -0.25) is 9.59 Å². The minimum atomic E-state index is -0.340. The molecule has 1 saturated heterocycles. The van der Waals surface area contributed by atoms with E-state index in [1.54, 1.807) is 0 Å². The lowest BCUT2D eigenvalue weighted by Crippen LogP contribution is -2.52. The summed E-state index contributed by atoms with van der Waals surface area (Å²) in [7, 11) is 1.46. The number of aliphatic hydroxyl groups excluding tert-OH is 1.